The van der Waals surface area contributed by atoms with Crippen molar-refractivity contribution in [1.82, 2.24) is 0 Å². The van der Waals surface area contributed by atoms with Crippen molar-refractivity contribution in [1.29, 1.82) is 0 Å². The predicted molar refractivity (Wildman–Crippen MR) is 328 cm³/mol. The van der Waals surface area contributed by atoms with Crippen LogP contribution >= 0.6 is 0 Å². The lowest BCUT2D eigenvalue weighted by Gasteiger charge is -2.46. The van der Waals surface area contributed by atoms with Gasteiger partial charge in [0, 0.05) is 43.2 Å². The summed E-state index contributed by atoms with van der Waals surface area (Å²) in [6.45, 7) is 2.94. The van der Waals surface area contributed by atoms with Gasteiger partial charge in [-0.2, -0.15) is 0 Å². The highest BCUT2D eigenvalue weighted by molar-refractivity contribution is 7.86. The van der Waals surface area contributed by atoms with Crippen LogP contribution in [-0.2, 0) is 65.0 Å². The minimum atomic E-state index is -4.25. The molecule has 0 aromatic heterocycles. The molecule has 2 unspecified atom stereocenters. The van der Waals surface area contributed by atoms with E-state index in [4.69, 9.17) is 56.8 Å². The number of esters is 2. The third-order valence-corrected chi connectivity index (χ3v) is 17.8. The molecule has 0 amide bonds. The van der Waals surface area contributed by atoms with Crippen LogP contribution in [0.2, 0.25) is 0 Å². The zero-order valence-corrected chi connectivity index (χ0v) is 54.2. The highest BCUT2D eigenvalue weighted by Crippen LogP contribution is 2.47. The summed E-state index contributed by atoms with van der Waals surface area (Å²) in [4.78, 5) is 26.3. The molecule has 0 spiro atoms. The molecule has 0 aliphatic carbocycles. The second-order valence-electron chi connectivity index (χ2n) is 21.5. The van der Waals surface area contributed by atoms with Crippen LogP contribution in [0.15, 0.2) is 119 Å². The lowest BCUT2D eigenvalue weighted by atomic mass is 9.86. The molecule has 24 heteroatoms. The van der Waals surface area contributed by atoms with Gasteiger partial charge in [-0.15, -0.1) is 0 Å². The number of carbonyl (C=O) groups excluding carboxylic acids is 2. The van der Waals surface area contributed by atoms with E-state index in [1.54, 1.807) is 83.2 Å². The van der Waals surface area contributed by atoms with E-state index in [2.05, 4.69) is 38.4 Å². The van der Waals surface area contributed by atoms with Gasteiger partial charge in [0.25, 0.3) is 0 Å². The van der Waals surface area contributed by atoms with Gasteiger partial charge in [0.1, 0.15) is 32.3 Å². The Balaban J connectivity index is 0.000000531. The van der Waals surface area contributed by atoms with Crippen LogP contribution < -0.4 is 47.4 Å². The third-order valence-electron chi connectivity index (χ3n) is 16.1. The van der Waals surface area contributed by atoms with E-state index in [1.165, 1.54) is 59.7 Å². The van der Waals surface area contributed by atoms with Crippen LogP contribution in [0.25, 0.3) is 0 Å². The number of hydrogen-bond donors (Lipinski definition) is 0. The first-order valence-electron chi connectivity index (χ1n) is 28.6. The first-order valence-corrected chi connectivity index (χ1v) is 31.4. The molecular formula is C65H82N2O20S2. The number of carbonyl (C=O) groups is 2. The van der Waals surface area contributed by atoms with Crippen LogP contribution in [0.4, 0.5) is 0 Å². The molecule has 2 heterocycles. The maximum Gasteiger partial charge on any atom is 0.311 e. The van der Waals surface area contributed by atoms with Crippen molar-refractivity contribution in [3.8, 4) is 57.5 Å². The van der Waals surface area contributed by atoms with Gasteiger partial charge in [-0.05, 0) is 95.1 Å². The molecular weight excluding hydrogens is 1190 g/mol. The second kappa shape index (κ2) is 32.0. The van der Waals surface area contributed by atoms with Crippen molar-refractivity contribution in [2.24, 2.45) is 0 Å². The van der Waals surface area contributed by atoms with Crippen LogP contribution in [0.5, 0.6) is 57.5 Å². The summed E-state index contributed by atoms with van der Waals surface area (Å²) in [5, 5.41) is 0. The van der Waals surface area contributed by atoms with Gasteiger partial charge in [-0.25, -0.2) is 16.8 Å². The average Bonchev–Trinajstić information content (AvgIpc) is 0.793. The number of quaternary nitrogens is 2. The van der Waals surface area contributed by atoms with Crippen LogP contribution in [0, 0.1) is 0 Å². The van der Waals surface area contributed by atoms with E-state index in [0.29, 0.717) is 98.8 Å². The number of methoxy groups -OCH3 is 10. The summed E-state index contributed by atoms with van der Waals surface area (Å²) in [7, 11) is 12.0. The van der Waals surface area contributed by atoms with Crippen LogP contribution in [0.1, 0.15) is 64.7 Å². The molecule has 8 rings (SSSR count). The molecule has 0 saturated heterocycles. The highest BCUT2D eigenvalue weighted by Gasteiger charge is 2.42. The second-order valence-corrected chi connectivity index (χ2v) is 24.3. The molecule has 0 N–H and O–H groups in total. The Morgan fingerprint density at radius 3 is 1.01 bits per heavy atom. The van der Waals surface area contributed by atoms with Gasteiger partial charge in [0.2, 0.25) is 11.5 Å². The Morgan fingerprint density at radius 2 is 0.742 bits per heavy atom. The van der Waals surface area contributed by atoms with Gasteiger partial charge in [0.05, 0.1) is 147 Å². The Kier molecular flexibility index (Phi) is 25.2. The van der Waals surface area contributed by atoms with Crippen molar-refractivity contribution >= 4 is 32.2 Å². The fraction of sp³-hybridized carbons (Fsp3) is 0.415. The summed E-state index contributed by atoms with van der Waals surface area (Å²) in [5.41, 5.74) is 6.59. The first-order chi connectivity index (χ1) is 42.5. The normalized spacial score (nSPS) is 17.5. The Labute approximate surface area is 522 Å². The van der Waals surface area contributed by atoms with E-state index in [0.717, 1.165) is 48.2 Å². The molecule has 0 fully saturated rings. The molecule has 0 radical (unpaired) electrons. The maximum atomic E-state index is 13.3. The zero-order chi connectivity index (χ0) is 65.1. The van der Waals surface area contributed by atoms with Crippen LogP contribution in [0.3, 0.4) is 0 Å². The lowest BCUT2D eigenvalue weighted by Crippen LogP contribution is -2.53. The maximum absolute atomic E-state index is 13.3. The Bertz CT molecular complexity index is 3290. The summed E-state index contributed by atoms with van der Waals surface area (Å²) in [5.74, 6) is 5.37. The summed E-state index contributed by atoms with van der Waals surface area (Å²) >= 11 is 0. The summed E-state index contributed by atoms with van der Waals surface area (Å²) < 4.78 is 131. The molecule has 484 valence electrons. The average molecular weight is 1280 g/mol. The van der Waals surface area contributed by atoms with E-state index in [9.17, 15) is 35.5 Å². The van der Waals surface area contributed by atoms with E-state index in [1.807, 2.05) is 24.3 Å². The fourth-order valence-electron chi connectivity index (χ4n) is 11.3. The number of fused-ring (bicyclic) bond motifs is 2. The third kappa shape index (κ3) is 18.1. The number of hydrogen-bond acceptors (Lipinski definition) is 20. The van der Waals surface area contributed by atoms with Gasteiger partial charge in [-0.3, -0.25) is 9.59 Å². The van der Waals surface area contributed by atoms with Crippen molar-refractivity contribution < 1.29 is 101 Å². The van der Waals surface area contributed by atoms with Gasteiger partial charge < -0.3 is 74.9 Å². The van der Waals surface area contributed by atoms with E-state index >= 15 is 0 Å². The quantitative estimate of drug-likeness (QED) is 0.0213. The fourth-order valence-corrected chi connectivity index (χ4v) is 12.2. The first kappa shape index (κ1) is 70.1. The molecule has 2 aliphatic rings. The van der Waals surface area contributed by atoms with Crippen LogP contribution in [-0.4, -0.2) is 171 Å². The molecule has 0 bridgehead atoms. The molecule has 22 nitrogen and oxygen atoms in total. The molecule has 2 aliphatic heterocycles. The number of benzene rings is 6. The smallest absolute Gasteiger partial charge is 0.311 e. The molecule has 6 aromatic carbocycles. The number of rotatable bonds is 26. The largest absolute Gasteiger partial charge is 0.744 e. The minimum absolute atomic E-state index is 0.0519. The standard InChI is InChI=1S/C53H72N2O14.2C6H6O3S/c1-54(18-14-36-30-42(58-3)44(60-5)32-38(36)40(54)24-34-26-46(62-7)52(66-11)47(27-34)63-8)20-16-50(56)68-22-13-23-69-51(57)17-21-55(2)19-15-37-31-43(59-4)45(61-6)33-39(37)41(55)25-35-28-48(64-9)53(67-12)49(29-35)65-10;2*7-10(8,9)6-4-2-1-3-5-6/h26-33,40-41H,13-25H2,1-12H3;2*1-5H,(H,7,8,9)/q+2;;/p-2/t40-,41-,54?,55?;;/m1../s1. The minimum Gasteiger partial charge on any atom is -0.744 e. The van der Waals surface area contributed by atoms with E-state index < -0.39 is 20.2 Å². The summed E-state index contributed by atoms with van der Waals surface area (Å²) in [6.07, 6.45) is 3.63. The van der Waals surface area contributed by atoms with Crippen molar-refractivity contribution in [2.75, 3.05) is 125 Å². The van der Waals surface area contributed by atoms with Gasteiger partial charge >= 0.3 is 11.9 Å². The predicted octanol–water partition coefficient (Wildman–Crippen LogP) is 8.48. The van der Waals surface area contributed by atoms with Crippen molar-refractivity contribution in [2.45, 2.75) is 66.8 Å². The zero-order valence-electron chi connectivity index (χ0n) is 52.6. The number of nitrogens with zero attached hydrogens (tertiary/aromatic N) is 2. The molecule has 6 aromatic rings. The Hall–Kier alpha value is -8.00. The number of likely N-dealkylation sites (N-methyl/N-ethyl adjacent to an activating group) is 2. The number of ether oxygens (including phenoxy) is 12. The molecule has 0 saturated carbocycles. The summed E-state index contributed by atoms with van der Waals surface area (Å²) in [6, 6.07) is 30.4. The monoisotopic (exact) mass is 1270 g/mol. The van der Waals surface area contributed by atoms with Crippen molar-refractivity contribution in [3.05, 3.63) is 143 Å². The van der Waals surface area contributed by atoms with Gasteiger partial charge in [-0.1, -0.05) is 36.4 Å². The Morgan fingerprint density at radius 1 is 0.438 bits per heavy atom. The van der Waals surface area contributed by atoms with E-state index in [-0.39, 0.29) is 59.9 Å². The highest BCUT2D eigenvalue weighted by atomic mass is 32.2. The SMILES string of the molecule is COc1cc2c(cc1OC)[C@@H](Cc1cc(OC)c(OC)c(OC)c1)[N+](C)(CCC(=O)OCCCOC(=O)CC[N+]1(C)CCc3cc(OC)c(OC)cc3[C@H]1Cc1cc(OC)c(OC)c(OC)c1)CC2.O=S(=O)([O-])c1ccccc1.O=S(=O)([O-])c1ccccc1. The topological polar surface area (TPSA) is 259 Å². The molecule has 89 heavy (non-hydrogen) atoms. The van der Waals surface area contributed by atoms with Gasteiger partial charge in [0.15, 0.2) is 46.0 Å². The van der Waals surface area contributed by atoms with Crippen molar-refractivity contribution in [3.63, 3.8) is 0 Å². The molecule has 4 atom stereocenters. The lowest BCUT2D eigenvalue weighted by molar-refractivity contribution is -0.940.